The molecule has 0 aliphatic heterocycles. The van der Waals surface area contributed by atoms with E-state index in [0.717, 1.165) is 14.2 Å². The fraction of sp³-hybridized carbons (Fsp3) is 0.385. The molecule has 0 bridgehead atoms. The van der Waals surface area contributed by atoms with Crippen LogP contribution >= 0.6 is 7.82 Å². The standard InChI is InChI=1S/C13H17O6P/c1-10(14)13(2,19-20(16,17-3)18-4)12(15)11-8-6-5-7-9-11/h5-9H,1-4H3. The highest BCUT2D eigenvalue weighted by Crippen LogP contribution is 2.51. The summed E-state index contributed by atoms with van der Waals surface area (Å²) in [5, 5.41) is 0. The lowest BCUT2D eigenvalue weighted by molar-refractivity contribution is -0.128. The normalized spacial score (nSPS) is 14.6. The van der Waals surface area contributed by atoms with Crippen molar-refractivity contribution in [2.75, 3.05) is 14.2 Å². The number of hydrogen-bond acceptors (Lipinski definition) is 6. The van der Waals surface area contributed by atoms with Gasteiger partial charge in [0, 0.05) is 19.8 Å². The second kappa shape index (κ2) is 6.41. The molecule has 1 aromatic rings. The van der Waals surface area contributed by atoms with E-state index >= 15 is 0 Å². The summed E-state index contributed by atoms with van der Waals surface area (Å²) in [4.78, 5) is 24.3. The topological polar surface area (TPSA) is 78.9 Å². The van der Waals surface area contributed by atoms with Gasteiger partial charge in [-0.15, -0.1) is 0 Å². The van der Waals surface area contributed by atoms with E-state index in [1.807, 2.05) is 0 Å². The van der Waals surface area contributed by atoms with E-state index in [-0.39, 0.29) is 5.56 Å². The molecule has 0 aliphatic carbocycles. The number of carbonyl (C=O) groups excluding carboxylic acids is 2. The van der Waals surface area contributed by atoms with Crippen molar-refractivity contribution < 1.29 is 27.7 Å². The maximum Gasteiger partial charge on any atom is 0.475 e. The zero-order valence-electron chi connectivity index (χ0n) is 11.8. The van der Waals surface area contributed by atoms with Crippen molar-refractivity contribution in [1.82, 2.24) is 0 Å². The summed E-state index contributed by atoms with van der Waals surface area (Å²) >= 11 is 0. The van der Waals surface area contributed by atoms with E-state index < -0.39 is 25.0 Å². The van der Waals surface area contributed by atoms with Crippen LogP contribution in [0.25, 0.3) is 0 Å². The molecule has 1 aromatic carbocycles. The molecule has 20 heavy (non-hydrogen) atoms. The van der Waals surface area contributed by atoms with Crippen molar-refractivity contribution in [3.05, 3.63) is 35.9 Å². The van der Waals surface area contributed by atoms with Gasteiger partial charge in [-0.3, -0.25) is 23.2 Å². The predicted octanol–water partition coefficient (Wildman–Crippen LogP) is 2.63. The van der Waals surface area contributed by atoms with Crippen LogP contribution in [0.2, 0.25) is 0 Å². The van der Waals surface area contributed by atoms with Crippen molar-refractivity contribution in [1.29, 1.82) is 0 Å². The van der Waals surface area contributed by atoms with E-state index in [4.69, 9.17) is 4.52 Å². The van der Waals surface area contributed by atoms with Gasteiger partial charge in [-0.25, -0.2) is 4.57 Å². The first-order valence-electron chi connectivity index (χ1n) is 5.82. The fourth-order valence-electron chi connectivity index (χ4n) is 1.50. The highest BCUT2D eigenvalue weighted by atomic mass is 31.2. The van der Waals surface area contributed by atoms with Crippen LogP contribution in [0.15, 0.2) is 30.3 Å². The minimum absolute atomic E-state index is 0.268. The third-order valence-corrected chi connectivity index (χ3v) is 4.37. The Labute approximate surface area is 117 Å². The second-order valence-electron chi connectivity index (χ2n) is 4.19. The van der Waals surface area contributed by atoms with Gasteiger partial charge < -0.3 is 0 Å². The van der Waals surface area contributed by atoms with Crippen molar-refractivity contribution >= 4 is 19.4 Å². The zero-order valence-corrected chi connectivity index (χ0v) is 12.7. The van der Waals surface area contributed by atoms with Gasteiger partial charge in [-0.1, -0.05) is 30.3 Å². The maximum absolute atomic E-state index is 12.4. The van der Waals surface area contributed by atoms with Gasteiger partial charge in [0.05, 0.1) is 0 Å². The number of benzene rings is 1. The molecule has 0 aromatic heterocycles. The summed E-state index contributed by atoms with van der Waals surface area (Å²) < 4.78 is 26.4. The second-order valence-corrected chi connectivity index (χ2v) is 6.00. The molecule has 0 spiro atoms. The number of Topliss-reactive ketones (excluding diaryl/α,β-unsaturated/α-hetero) is 2. The summed E-state index contributed by atoms with van der Waals surface area (Å²) in [6, 6.07) is 8.12. The highest BCUT2D eigenvalue weighted by molar-refractivity contribution is 7.48. The molecule has 7 heteroatoms. The van der Waals surface area contributed by atoms with Crippen LogP contribution < -0.4 is 0 Å². The average Bonchev–Trinajstić information content (AvgIpc) is 2.46. The Kier molecular flexibility index (Phi) is 5.36. The summed E-state index contributed by atoms with van der Waals surface area (Å²) in [5.41, 5.74) is -1.67. The molecule has 1 atom stereocenters. The Hall–Kier alpha value is -1.33. The van der Waals surface area contributed by atoms with E-state index in [9.17, 15) is 14.2 Å². The Morgan fingerprint density at radius 2 is 1.60 bits per heavy atom. The van der Waals surface area contributed by atoms with Crippen molar-refractivity contribution in [2.45, 2.75) is 19.4 Å². The summed E-state index contributed by atoms with van der Waals surface area (Å²) in [5.74, 6) is -1.21. The Bertz CT molecular complexity index is 533. The minimum atomic E-state index is -3.97. The molecule has 110 valence electrons. The predicted molar refractivity (Wildman–Crippen MR) is 72.6 cm³/mol. The number of rotatable bonds is 7. The number of phosphoric acid groups is 1. The quantitative estimate of drug-likeness (QED) is 0.437. The van der Waals surface area contributed by atoms with Gasteiger partial charge in [-0.2, -0.15) is 0 Å². The molecule has 0 amide bonds. The summed E-state index contributed by atoms with van der Waals surface area (Å²) in [6.45, 7) is 2.42. The number of hydrogen-bond donors (Lipinski definition) is 0. The average molecular weight is 300 g/mol. The van der Waals surface area contributed by atoms with Gasteiger partial charge in [0.2, 0.25) is 5.78 Å². The van der Waals surface area contributed by atoms with E-state index in [1.165, 1.54) is 26.0 Å². The molecule has 0 N–H and O–H groups in total. The first-order valence-corrected chi connectivity index (χ1v) is 7.28. The molecular weight excluding hydrogens is 283 g/mol. The minimum Gasteiger partial charge on any atom is -0.296 e. The molecule has 0 radical (unpaired) electrons. The first kappa shape index (κ1) is 16.7. The molecule has 0 saturated carbocycles. The van der Waals surface area contributed by atoms with Crippen LogP contribution in [-0.4, -0.2) is 31.4 Å². The van der Waals surface area contributed by atoms with Crippen LogP contribution in [0.4, 0.5) is 0 Å². The van der Waals surface area contributed by atoms with Crippen LogP contribution in [0, 0.1) is 0 Å². The molecule has 0 heterocycles. The number of carbonyl (C=O) groups is 2. The molecular formula is C13H17O6P. The van der Waals surface area contributed by atoms with Crippen LogP contribution in [0.3, 0.4) is 0 Å². The Morgan fingerprint density at radius 1 is 1.10 bits per heavy atom. The van der Waals surface area contributed by atoms with Crippen molar-refractivity contribution in [3.8, 4) is 0 Å². The number of phosphoric ester groups is 1. The zero-order chi connectivity index (χ0) is 15.4. The third kappa shape index (κ3) is 3.41. The SMILES string of the molecule is COP(=O)(OC)OC(C)(C(C)=O)C(=O)c1ccccc1. The summed E-state index contributed by atoms with van der Waals surface area (Å²) in [6.07, 6.45) is 0. The highest BCUT2D eigenvalue weighted by Gasteiger charge is 2.46. The molecule has 0 aliphatic rings. The van der Waals surface area contributed by atoms with Crippen LogP contribution in [0.5, 0.6) is 0 Å². The third-order valence-electron chi connectivity index (χ3n) is 2.88. The molecule has 6 nitrogen and oxygen atoms in total. The largest absolute Gasteiger partial charge is 0.475 e. The van der Waals surface area contributed by atoms with Gasteiger partial charge in [0.25, 0.3) is 0 Å². The van der Waals surface area contributed by atoms with Gasteiger partial charge in [-0.05, 0) is 13.8 Å². The lowest BCUT2D eigenvalue weighted by Crippen LogP contribution is -2.44. The maximum atomic E-state index is 12.4. The van der Waals surface area contributed by atoms with Gasteiger partial charge >= 0.3 is 7.82 Å². The van der Waals surface area contributed by atoms with Gasteiger partial charge in [0.1, 0.15) is 0 Å². The molecule has 1 unspecified atom stereocenters. The Morgan fingerprint density at radius 3 is 2.00 bits per heavy atom. The van der Waals surface area contributed by atoms with E-state index in [0.29, 0.717) is 0 Å². The molecule has 0 fully saturated rings. The monoisotopic (exact) mass is 300 g/mol. The lowest BCUT2D eigenvalue weighted by atomic mass is 9.91. The Balaban J connectivity index is 3.20. The fourth-order valence-corrected chi connectivity index (χ4v) is 2.46. The van der Waals surface area contributed by atoms with Crippen LogP contribution in [-0.2, 0) is 22.9 Å². The van der Waals surface area contributed by atoms with Crippen molar-refractivity contribution in [2.24, 2.45) is 0 Å². The van der Waals surface area contributed by atoms with E-state index in [2.05, 4.69) is 9.05 Å². The summed E-state index contributed by atoms with van der Waals surface area (Å²) in [7, 11) is -1.75. The van der Waals surface area contributed by atoms with E-state index in [1.54, 1.807) is 18.2 Å². The smallest absolute Gasteiger partial charge is 0.296 e. The van der Waals surface area contributed by atoms with Crippen molar-refractivity contribution in [3.63, 3.8) is 0 Å². The lowest BCUT2D eigenvalue weighted by Gasteiger charge is -2.28. The first-order chi connectivity index (χ1) is 9.29. The van der Waals surface area contributed by atoms with Gasteiger partial charge in [0.15, 0.2) is 11.4 Å². The molecule has 1 rings (SSSR count). The molecule has 0 saturated heterocycles. The number of ketones is 2. The van der Waals surface area contributed by atoms with Crippen LogP contribution in [0.1, 0.15) is 24.2 Å².